The van der Waals surface area contributed by atoms with Crippen LogP contribution in [0.1, 0.15) is 19.4 Å². The highest BCUT2D eigenvalue weighted by molar-refractivity contribution is 7.90. The number of rotatable bonds is 4. The molecule has 90 valence electrons. The second kappa shape index (κ2) is 4.73. The summed E-state index contributed by atoms with van der Waals surface area (Å²) in [6.45, 7) is 2.95. The zero-order chi connectivity index (χ0) is 12.4. The van der Waals surface area contributed by atoms with Crippen molar-refractivity contribution in [1.29, 1.82) is 0 Å². The average Bonchev–Trinajstić information content (AvgIpc) is 1.96. The van der Waals surface area contributed by atoms with Gasteiger partial charge in [-0.15, -0.1) is 0 Å². The van der Waals surface area contributed by atoms with Gasteiger partial charge in [-0.3, -0.25) is 0 Å². The van der Waals surface area contributed by atoms with Crippen LogP contribution in [0.3, 0.4) is 0 Å². The van der Waals surface area contributed by atoms with Crippen LogP contribution in [0.15, 0.2) is 24.3 Å². The van der Waals surface area contributed by atoms with Crippen molar-refractivity contribution in [1.82, 2.24) is 0 Å². The van der Waals surface area contributed by atoms with Crippen molar-refractivity contribution >= 4 is 21.4 Å². The molecule has 0 fully saturated rings. The van der Waals surface area contributed by atoms with E-state index >= 15 is 0 Å². The van der Waals surface area contributed by atoms with Crippen molar-refractivity contribution in [2.24, 2.45) is 0 Å². The highest BCUT2D eigenvalue weighted by Crippen LogP contribution is 2.16. The van der Waals surface area contributed by atoms with Crippen LogP contribution in [0, 0.1) is 0 Å². The Morgan fingerprint density at radius 2 is 2.00 bits per heavy atom. The van der Waals surface area contributed by atoms with Gasteiger partial charge in [0.15, 0.2) is 9.84 Å². The maximum Gasteiger partial charge on any atom is 0.157 e. The monoisotopic (exact) mass is 262 g/mol. The quantitative estimate of drug-likeness (QED) is 0.903. The third kappa shape index (κ3) is 4.96. The molecule has 0 aliphatic carbocycles. The number of hydrogen-bond acceptors (Lipinski definition) is 3. The van der Waals surface area contributed by atoms with E-state index in [1.54, 1.807) is 24.3 Å². The SMILES string of the molecule is CC(C)(O)CS(=O)(=O)Cc1cccc(Cl)c1. The number of halogens is 1. The molecule has 0 aromatic heterocycles. The zero-order valence-corrected chi connectivity index (χ0v) is 10.8. The van der Waals surface area contributed by atoms with Crippen molar-refractivity contribution in [3.8, 4) is 0 Å². The van der Waals surface area contributed by atoms with E-state index in [4.69, 9.17) is 11.6 Å². The summed E-state index contributed by atoms with van der Waals surface area (Å²) in [5.74, 6) is -0.357. The molecule has 1 rings (SSSR count). The van der Waals surface area contributed by atoms with Crippen molar-refractivity contribution in [2.45, 2.75) is 25.2 Å². The van der Waals surface area contributed by atoms with Gasteiger partial charge in [0.1, 0.15) is 0 Å². The molecule has 0 bridgehead atoms. The molecule has 0 spiro atoms. The molecule has 0 amide bonds. The smallest absolute Gasteiger partial charge is 0.157 e. The van der Waals surface area contributed by atoms with E-state index in [1.807, 2.05) is 0 Å². The Morgan fingerprint density at radius 1 is 1.38 bits per heavy atom. The van der Waals surface area contributed by atoms with Crippen molar-refractivity contribution in [3.63, 3.8) is 0 Å². The van der Waals surface area contributed by atoms with Crippen LogP contribution in [0.25, 0.3) is 0 Å². The minimum atomic E-state index is -3.32. The second-order valence-corrected chi connectivity index (χ2v) is 6.98. The number of hydrogen-bond donors (Lipinski definition) is 1. The molecule has 0 aliphatic rings. The molecule has 1 aromatic rings. The summed E-state index contributed by atoms with van der Waals surface area (Å²) < 4.78 is 23.4. The molecule has 1 N–H and O–H groups in total. The van der Waals surface area contributed by atoms with Gasteiger partial charge in [0.25, 0.3) is 0 Å². The van der Waals surface area contributed by atoms with Crippen LogP contribution in [0.4, 0.5) is 0 Å². The fraction of sp³-hybridized carbons (Fsp3) is 0.455. The minimum Gasteiger partial charge on any atom is -0.389 e. The Hall–Kier alpha value is -0.580. The molecule has 16 heavy (non-hydrogen) atoms. The first-order chi connectivity index (χ1) is 7.18. The van der Waals surface area contributed by atoms with E-state index in [0.717, 1.165) is 0 Å². The van der Waals surface area contributed by atoms with Crippen molar-refractivity contribution < 1.29 is 13.5 Å². The van der Waals surface area contributed by atoms with E-state index < -0.39 is 15.4 Å². The first kappa shape index (κ1) is 13.5. The molecule has 1 aromatic carbocycles. The van der Waals surface area contributed by atoms with E-state index in [-0.39, 0.29) is 11.5 Å². The molecular formula is C11H15ClO3S. The number of aliphatic hydroxyl groups is 1. The van der Waals surface area contributed by atoms with E-state index in [2.05, 4.69) is 0 Å². The molecule has 0 atom stereocenters. The zero-order valence-electron chi connectivity index (χ0n) is 9.27. The van der Waals surface area contributed by atoms with Crippen LogP contribution in [0.5, 0.6) is 0 Å². The normalized spacial score (nSPS) is 12.8. The topological polar surface area (TPSA) is 54.4 Å². The standard InChI is InChI=1S/C11H15ClO3S/c1-11(2,13)8-16(14,15)7-9-4-3-5-10(12)6-9/h3-6,13H,7-8H2,1-2H3. The van der Waals surface area contributed by atoms with Crippen LogP contribution in [-0.4, -0.2) is 24.9 Å². The van der Waals surface area contributed by atoms with Crippen molar-refractivity contribution in [3.05, 3.63) is 34.9 Å². The fourth-order valence-electron chi connectivity index (χ4n) is 1.47. The molecule has 0 saturated carbocycles. The lowest BCUT2D eigenvalue weighted by Gasteiger charge is -2.16. The first-order valence-corrected chi connectivity index (χ1v) is 7.05. The van der Waals surface area contributed by atoms with E-state index in [1.165, 1.54) is 13.8 Å². The summed E-state index contributed by atoms with van der Waals surface area (Å²) in [6, 6.07) is 6.71. The number of sulfone groups is 1. The Labute approximate surface area is 101 Å². The third-order valence-electron chi connectivity index (χ3n) is 1.85. The molecular weight excluding hydrogens is 248 g/mol. The molecule has 0 radical (unpaired) electrons. The van der Waals surface area contributed by atoms with Gasteiger partial charge in [-0.25, -0.2) is 8.42 Å². The van der Waals surface area contributed by atoms with Gasteiger partial charge in [0, 0.05) is 5.02 Å². The Morgan fingerprint density at radius 3 is 2.50 bits per heavy atom. The van der Waals surface area contributed by atoms with Crippen LogP contribution < -0.4 is 0 Å². The lowest BCUT2D eigenvalue weighted by Crippen LogP contribution is -2.30. The largest absolute Gasteiger partial charge is 0.389 e. The molecule has 0 heterocycles. The van der Waals surface area contributed by atoms with Gasteiger partial charge in [-0.1, -0.05) is 23.7 Å². The van der Waals surface area contributed by atoms with Gasteiger partial charge in [0.05, 0.1) is 17.1 Å². The van der Waals surface area contributed by atoms with E-state index in [9.17, 15) is 13.5 Å². The molecule has 3 nitrogen and oxygen atoms in total. The van der Waals surface area contributed by atoms with Crippen molar-refractivity contribution in [2.75, 3.05) is 5.75 Å². The predicted molar refractivity (Wildman–Crippen MR) is 65.2 cm³/mol. The summed E-state index contributed by atoms with van der Waals surface area (Å²) in [4.78, 5) is 0. The first-order valence-electron chi connectivity index (χ1n) is 4.85. The highest BCUT2D eigenvalue weighted by Gasteiger charge is 2.23. The maximum absolute atomic E-state index is 11.7. The Kier molecular flexibility index (Phi) is 3.99. The van der Waals surface area contributed by atoms with Crippen LogP contribution >= 0.6 is 11.6 Å². The second-order valence-electron chi connectivity index (χ2n) is 4.47. The van der Waals surface area contributed by atoms with Crippen LogP contribution in [-0.2, 0) is 15.6 Å². The third-order valence-corrected chi connectivity index (χ3v) is 4.00. The molecule has 5 heteroatoms. The van der Waals surface area contributed by atoms with E-state index in [0.29, 0.717) is 10.6 Å². The lowest BCUT2D eigenvalue weighted by atomic mass is 10.2. The van der Waals surface area contributed by atoms with Gasteiger partial charge in [-0.05, 0) is 31.5 Å². The van der Waals surface area contributed by atoms with Gasteiger partial charge in [0.2, 0.25) is 0 Å². The van der Waals surface area contributed by atoms with Crippen LogP contribution in [0.2, 0.25) is 5.02 Å². The molecule has 0 saturated heterocycles. The summed E-state index contributed by atoms with van der Waals surface area (Å²) in [5, 5.41) is 9.99. The molecule has 0 aliphatic heterocycles. The Balaban J connectivity index is 2.81. The lowest BCUT2D eigenvalue weighted by molar-refractivity contribution is 0.105. The number of benzene rings is 1. The molecule has 0 unspecified atom stereocenters. The summed E-state index contributed by atoms with van der Waals surface area (Å²) in [5.41, 5.74) is -0.575. The average molecular weight is 263 g/mol. The maximum atomic E-state index is 11.7. The fourth-order valence-corrected chi connectivity index (χ4v) is 3.55. The summed E-state index contributed by atoms with van der Waals surface area (Å²) in [6.07, 6.45) is 0. The van der Waals surface area contributed by atoms with Gasteiger partial charge in [-0.2, -0.15) is 0 Å². The predicted octanol–water partition coefficient (Wildman–Crippen LogP) is 2.03. The Bertz CT molecular complexity index is 460. The highest BCUT2D eigenvalue weighted by atomic mass is 35.5. The summed E-state index contributed by atoms with van der Waals surface area (Å²) >= 11 is 5.76. The van der Waals surface area contributed by atoms with Gasteiger partial charge >= 0.3 is 0 Å². The van der Waals surface area contributed by atoms with Gasteiger partial charge < -0.3 is 5.11 Å². The summed E-state index contributed by atoms with van der Waals surface area (Å²) in [7, 11) is -3.32. The minimum absolute atomic E-state index is 0.0997.